The van der Waals surface area contributed by atoms with Gasteiger partial charge in [0.25, 0.3) is 5.91 Å². The maximum atomic E-state index is 11.5. The van der Waals surface area contributed by atoms with E-state index in [0.717, 1.165) is 11.3 Å². The summed E-state index contributed by atoms with van der Waals surface area (Å²) in [5.41, 5.74) is 3.36. The Morgan fingerprint density at radius 3 is 2.80 bits per heavy atom. The average Bonchev–Trinajstić information content (AvgIpc) is 2.83. The van der Waals surface area contributed by atoms with Gasteiger partial charge in [-0.15, -0.1) is 0 Å². The fourth-order valence-corrected chi connectivity index (χ4v) is 1.58. The molecule has 0 fully saturated rings. The Labute approximate surface area is 117 Å². The van der Waals surface area contributed by atoms with Gasteiger partial charge in [-0.3, -0.25) is 4.79 Å². The number of carbonyl (C=O) groups is 1. The van der Waals surface area contributed by atoms with Crippen LogP contribution in [0.25, 0.3) is 0 Å². The minimum atomic E-state index is -0.326. The zero-order valence-electron chi connectivity index (χ0n) is 11.4. The van der Waals surface area contributed by atoms with Crippen LogP contribution in [0.5, 0.6) is 5.75 Å². The molecular weight excluding hydrogens is 256 g/mol. The molecular formula is C15H16N2O3. The Morgan fingerprint density at radius 2 is 2.10 bits per heavy atom. The molecule has 5 nitrogen and oxygen atoms in total. The van der Waals surface area contributed by atoms with Crippen LogP contribution in [0.15, 0.2) is 45.9 Å². The monoisotopic (exact) mass is 272 g/mol. The number of aryl methyl sites for hydroxylation is 2. The van der Waals surface area contributed by atoms with Crippen molar-refractivity contribution in [3.63, 3.8) is 0 Å². The van der Waals surface area contributed by atoms with Crippen molar-refractivity contribution in [3.05, 3.63) is 53.5 Å². The Kier molecular flexibility index (Phi) is 4.55. The summed E-state index contributed by atoms with van der Waals surface area (Å²) in [7, 11) is 0. The summed E-state index contributed by atoms with van der Waals surface area (Å²) in [4.78, 5) is 11.5. The number of hydrazone groups is 1. The second-order valence-corrected chi connectivity index (χ2v) is 4.30. The molecule has 1 amide bonds. The molecule has 0 aliphatic rings. The van der Waals surface area contributed by atoms with E-state index in [1.807, 2.05) is 44.2 Å². The van der Waals surface area contributed by atoms with Gasteiger partial charge in [-0.05, 0) is 37.6 Å². The van der Waals surface area contributed by atoms with E-state index in [1.54, 1.807) is 6.07 Å². The fourth-order valence-electron chi connectivity index (χ4n) is 1.58. The third kappa shape index (κ3) is 3.98. The summed E-state index contributed by atoms with van der Waals surface area (Å²) in [5.74, 6) is 1.74. The molecule has 0 aliphatic heterocycles. The van der Waals surface area contributed by atoms with Crippen LogP contribution in [0.4, 0.5) is 0 Å². The van der Waals surface area contributed by atoms with Crippen LogP contribution < -0.4 is 10.2 Å². The lowest BCUT2D eigenvalue weighted by Gasteiger charge is -2.07. The fraction of sp³-hybridized carbons (Fsp3) is 0.200. The van der Waals surface area contributed by atoms with Crippen molar-refractivity contribution in [2.45, 2.75) is 13.8 Å². The number of furan rings is 1. The summed E-state index contributed by atoms with van der Waals surface area (Å²) in [6.07, 6.45) is 1.44. The topological polar surface area (TPSA) is 63.8 Å². The van der Waals surface area contributed by atoms with Crippen molar-refractivity contribution in [2.75, 3.05) is 6.61 Å². The molecule has 20 heavy (non-hydrogen) atoms. The van der Waals surface area contributed by atoms with Crippen molar-refractivity contribution in [2.24, 2.45) is 5.10 Å². The second kappa shape index (κ2) is 6.56. The van der Waals surface area contributed by atoms with Crippen LogP contribution in [0, 0.1) is 13.8 Å². The van der Waals surface area contributed by atoms with Crippen molar-refractivity contribution in [3.8, 4) is 5.75 Å². The van der Waals surface area contributed by atoms with Gasteiger partial charge in [0.2, 0.25) is 0 Å². The van der Waals surface area contributed by atoms with E-state index in [9.17, 15) is 4.79 Å². The highest BCUT2D eigenvalue weighted by atomic mass is 16.5. The normalized spacial score (nSPS) is 10.7. The first-order valence-electron chi connectivity index (χ1n) is 6.22. The second-order valence-electron chi connectivity index (χ2n) is 4.30. The Balaban J connectivity index is 1.78. The van der Waals surface area contributed by atoms with Crippen LogP contribution in [-0.2, 0) is 4.79 Å². The third-order valence-electron chi connectivity index (χ3n) is 2.59. The van der Waals surface area contributed by atoms with E-state index < -0.39 is 0 Å². The molecule has 1 N–H and O–H groups in total. The molecule has 0 atom stereocenters. The highest BCUT2D eigenvalue weighted by Crippen LogP contribution is 2.15. The lowest BCUT2D eigenvalue weighted by Crippen LogP contribution is -2.24. The standard InChI is InChI=1S/C15H16N2O3/c1-11-5-3-4-6-14(11)19-10-15(18)17-16-9-13-8-7-12(2)20-13/h3-9H,10H2,1-2H3,(H,17,18). The number of hydrogen-bond donors (Lipinski definition) is 1. The number of nitrogens with zero attached hydrogens (tertiary/aromatic N) is 1. The van der Waals surface area contributed by atoms with Gasteiger partial charge in [0, 0.05) is 0 Å². The zero-order valence-corrected chi connectivity index (χ0v) is 11.4. The Hall–Kier alpha value is -2.56. The molecule has 0 unspecified atom stereocenters. The van der Waals surface area contributed by atoms with E-state index in [1.165, 1.54) is 6.21 Å². The van der Waals surface area contributed by atoms with Crippen molar-refractivity contribution >= 4 is 12.1 Å². The smallest absolute Gasteiger partial charge is 0.277 e. The predicted octanol–water partition coefficient (Wildman–Crippen LogP) is 2.43. The van der Waals surface area contributed by atoms with Gasteiger partial charge in [0.1, 0.15) is 17.3 Å². The van der Waals surface area contributed by atoms with Gasteiger partial charge < -0.3 is 9.15 Å². The van der Waals surface area contributed by atoms with Gasteiger partial charge in [-0.25, -0.2) is 5.43 Å². The van der Waals surface area contributed by atoms with Gasteiger partial charge in [0.15, 0.2) is 6.61 Å². The lowest BCUT2D eigenvalue weighted by atomic mass is 10.2. The number of nitrogens with one attached hydrogen (secondary N) is 1. The minimum absolute atomic E-state index is 0.0840. The van der Waals surface area contributed by atoms with Crippen LogP contribution in [0.3, 0.4) is 0 Å². The molecule has 2 aromatic rings. The largest absolute Gasteiger partial charge is 0.483 e. The molecule has 0 aliphatic carbocycles. The SMILES string of the molecule is Cc1ccc(C=NNC(=O)COc2ccccc2C)o1. The Bertz CT molecular complexity index is 617. The highest BCUT2D eigenvalue weighted by Gasteiger charge is 2.03. The first kappa shape index (κ1) is 13.9. The van der Waals surface area contributed by atoms with Crippen LogP contribution >= 0.6 is 0 Å². The van der Waals surface area contributed by atoms with Gasteiger partial charge in [-0.2, -0.15) is 5.10 Å². The number of para-hydroxylation sites is 1. The van der Waals surface area contributed by atoms with Crippen molar-refractivity contribution in [1.29, 1.82) is 0 Å². The Morgan fingerprint density at radius 1 is 1.30 bits per heavy atom. The van der Waals surface area contributed by atoms with Gasteiger partial charge >= 0.3 is 0 Å². The predicted molar refractivity (Wildman–Crippen MR) is 75.9 cm³/mol. The average molecular weight is 272 g/mol. The molecule has 0 saturated heterocycles. The first-order valence-corrected chi connectivity index (χ1v) is 6.22. The number of hydrogen-bond acceptors (Lipinski definition) is 4. The van der Waals surface area contributed by atoms with E-state index in [-0.39, 0.29) is 12.5 Å². The number of rotatable bonds is 5. The summed E-state index contributed by atoms with van der Waals surface area (Å²) in [6, 6.07) is 11.1. The quantitative estimate of drug-likeness (QED) is 0.671. The molecule has 104 valence electrons. The van der Waals surface area contributed by atoms with E-state index in [0.29, 0.717) is 11.5 Å². The van der Waals surface area contributed by atoms with Crippen LogP contribution in [0.2, 0.25) is 0 Å². The lowest BCUT2D eigenvalue weighted by molar-refractivity contribution is -0.123. The number of carbonyl (C=O) groups excluding carboxylic acids is 1. The molecule has 5 heteroatoms. The maximum absolute atomic E-state index is 11.5. The summed E-state index contributed by atoms with van der Waals surface area (Å²) in [5, 5.41) is 3.79. The van der Waals surface area contributed by atoms with E-state index in [4.69, 9.17) is 9.15 Å². The third-order valence-corrected chi connectivity index (χ3v) is 2.59. The molecule has 1 aromatic carbocycles. The first-order chi connectivity index (χ1) is 9.65. The van der Waals surface area contributed by atoms with Gasteiger partial charge in [0.05, 0.1) is 6.21 Å². The summed E-state index contributed by atoms with van der Waals surface area (Å²) >= 11 is 0. The van der Waals surface area contributed by atoms with Crippen LogP contribution in [-0.4, -0.2) is 18.7 Å². The highest BCUT2D eigenvalue weighted by molar-refractivity contribution is 5.81. The molecule has 2 rings (SSSR count). The molecule has 0 radical (unpaired) electrons. The molecule has 0 bridgehead atoms. The summed E-state index contributed by atoms with van der Waals surface area (Å²) in [6.45, 7) is 3.68. The molecule has 1 heterocycles. The minimum Gasteiger partial charge on any atom is -0.483 e. The number of ether oxygens (including phenoxy) is 1. The maximum Gasteiger partial charge on any atom is 0.277 e. The molecule has 0 saturated carbocycles. The molecule has 1 aromatic heterocycles. The van der Waals surface area contributed by atoms with Crippen molar-refractivity contribution < 1.29 is 13.9 Å². The van der Waals surface area contributed by atoms with Crippen LogP contribution in [0.1, 0.15) is 17.1 Å². The number of amides is 1. The molecule has 0 spiro atoms. The summed E-state index contributed by atoms with van der Waals surface area (Å²) < 4.78 is 10.7. The van der Waals surface area contributed by atoms with E-state index >= 15 is 0 Å². The van der Waals surface area contributed by atoms with Gasteiger partial charge in [-0.1, -0.05) is 18.2 Å². The van der Waals surface area contributed by atoms with E-state index in [2.05, 4.69) is 10.5 Å². The zero-order chi connectivity index (χ0) is 14.4. The number of benzene rings is 1. The van der Waals surface area contributed by atoms with Crippen molar-refractivity contribution in [1.82, 2.24) is 5.43 Å².